The molecule has 1 aromatic rings. The number of hydrogen-bond donors (Lipinski definition) is 0. The van der Waals surface area contributed by atoms with E-state index in [-0.39, 0.29) is 0 Å². The van der Waals surface area contributed by atoms with Crippen molar-refractivity contribution in [3.05, 3.63) is 41.8 Å². The highest BCUT2D eigenvalue weighted by atomic mass is 14.0. The van der Waals surface area contributed by atoms with Crippen LogP contribution in [0, 0.1) is 13.8 Å². The minimum Gasteiger partial charge on any atom is -0.0651 e. The van der Waals surface area contributed by atoms with E-state index >= 15 is 0 Å². The summed E-state index contributed by atoms with van der Waals surface area (Å²) < 4.78 is 0. The van der Waals surface area contributed by atoms with Crippen molar-refractivity contribution >= 4 is 0 Å². The molecule has 0 aliphatic heterocycles. The summed E-state index contributed by atoms with van der Waals surface area (Å²) in [6.45, 7) is 8.24. The second-order valence-corrected chi connectivity index (χ2v) is 3.01. The molecule has 0 fully saturated rings. The van der Waals surface area contributed by atoms with Gasteiger partial charge in [0.15, 0.2) is 0 Å². The van der Waals surface area contributed by atoms with Crippen molar-refractivity contribution in [1.82, 2.24) is 0 Å². The Hall–Kier alpha value is -0.780. The molecule has 0 unspecified atom stereocenters. The van der Waals surface area contributed by atoms with Gasteiger partial charge in [-0.25, -0.2) is 0 Å². The average molecular weight is 147 g/mol. The van der Waals surface area contributed by atoms with Gasteiger partial charge in [-0.2, -0.15) is 0 Å². The summed E-state index contributed by atoms with van der Waals surface area (Å²) in [5.74, 6) is 0. The first-order chi connectivity index (χ1) is 5.24. The predicted octanol–water partition coefficient (Wildman–Crippen LogP) is 3.13. The van der Waals surface area contributed by atoms with Crippen LogP contribution in [-0.2, 0) is 6.42 Å². The van der Waals surface area contributed by atoms with Crippen LogP contribution in [0.3, 0.4) is 0 Å². The lowest BCUT2D eigenvalue weighted by molar-refractivity contribution is 0.920. The van der Waals surface area contributed by atoms with Crippen LogP contribution >= 0.6 is 0 Å². The molecule has 0 heterocycles. The summed E-state index contributed by atoms with van der Waals surface area (Å²) in [6, 6.07) is 6.49. The predicted molar refractivity (Wildman–Crippen MR) is 49.6 cm³/mol. The third-order valence-corrected chi connectivity index (χ3v) is 1.95. The molecular weight excluding hydrogens is 132 g/mol. The SMILES string of the molecule is [CH2]c1ccc(CCC)cc1C. The smallest absolute Gasteiger partial charge is 0.0236 e. The molecule has 0 aromatic heterocycles. The topological polar surface area (TPSA) is 0 Å². The third-order valence-electron chi connectivity index (χ3n) is 1.95. The molecule has 0 atom stereocenters. The monoisotopic (exact) mass is 147 g/mol. The molecule has 0 spiro atoms. The van der Waals surface area contributed by atoms with E-state index in [1.807, 2.05) is 0 Å². The molecule has 1 rings (SSSR count). The molecule has 0 saturated carbocycles. The van der Waals surface area contributed by atoms with E-state index in [0.29, 0.717) is 0 Å². The summed E-state index contributed by atoms with van der Waals surface area (Å²) in [6.07, 6.45) is 2.40. The first-order valence-corrected chi connectivity index (χ1v) is 4.15. The second-order valence-electron chi connectivity index (χ2n) is 3.01. The van der Waals surface area contributed by atoms with Crippen LogP contribution in [0.5, 0.6) is 0 Å². The molecule has 1 aromatic carbocycles. The van der Waals surface area contributed by atoms with Crippen LogP contribution < -0.4 is 0 Å². The molecule has 11 heavy (non-hydrogen) atoms. The minimum absolute atomic E-state index is 1.14. The quantitative estimate of drug-likeness (QED) is 0.603. The van der Waals surface area contributed by atoms with Gasteiger partial charge < -0.3 is 0 Å². The highest BCUT2D eigenvalue weighted by Crippen LogP contribution is 2.10. The number of aryl methyl sites for hydroxylation is 2. The summed E-state index contributed by atoms with van der Waals surface area (Å²) in [5, 5.41) is 0. The lowest BCUT2D eigenvalue weighted by Gasteiger charge is -2.02. The first-order valence-electron chi connectivity index (χ1n) is 4.15. The van der Waals surface area contributed by atoms with E-state index in [2.05, 4.69) is 39.0 Å². The molecule has 0 aliphatic carbocycles. The molecular formula is C11H15. The third kappa shape index (κ3) is 2.07. The van der Waals surface area contributed by atoms with Crippen LogP contribution in [-0.4, -0.2) is 0 Å². The number of hydrogen-bond acceptors (Lipinski definition) is 0. The van der Waals surface area contributed by atoms with E-state index in [9.17, 15) is 0 Å². The van der Waals surface area contributed by atoms with Gasteiger partial charge in [-0.15, -0.1) is 0 Å². The standard InChI is InChI=1S/C11H15/c1-4-5-11-7-6-9(2)10(3)8-11/h6-8H,2,4-5H2,1,3H3. The van der Waals surface area contributed by atoms with Gasteiger partial charge in [-0.1, -0.05) is 31.5 Å². The Bertz CT molecular complexity index is 236. The normalized spacial score (nSPS) is 10.1. The van der Waals surface area contributed by atoms with Crippen molar-refractivity contribution in [2.24, 2.45) is 0 Å². The highest BCUT2D eigenvalue weighted by molar-refractivity contribution is 5.32. The van der Waals surface area contributed by atoms with Crippen LogP contribution in [0.1, 0.15) is 30.0 Å². The zero-order valence-electron chi connectivity index (χ0n) is 7.35. The molecule has 0 N–H and O–H groups in total. The zero-order chi connectivity index (χ0) is 8.27. The lowest BCUT2D eigenvalue weighted by Crippen LogP contribution is -1.86. The fraction of sp³-hybridized carbons (Fsp3) is 0.364. The van der Waals surface area contributed by atoms with Gasteiger partial charge in [0.25, 0.3) is 0 Å². The molecule has 0 bridgehead atoms. The second kappa shape index (κ2) is 3.56. The Labute approximate surface area is 69.3 Å². The van der Waals surface area contributed by atoms with Gasteiger partial charge in [0.1, 0.15) is 0 Å². The van der Waals surface area contributed by atoms with Crippen molar-refractivity contribution in [2.75, 3.05) is 0 Å². The maximum Gasteiger partial charge on any atom is -0.0236 e. The van der Waals surface area contributed by atoms with Crippen LogP contribution in [0.4, 0.5) is 0 Å². The fourth-order valence-electron chi connectivity index (χ4n) is 1.20. The fourth-order valence-corrected chi connectivity index (χ4v) is 1.20. The van der Waals surface area contributed by atoms with E-state index in [0.717, 1.165) is 5.56 Å². The van der Waals surface area contributed by atoms with Crippen LogP contribution in [0.15, 0.2) is 18.2 Å². The van der Waals surface area contributed by atoms with E-state index in [4.69, 9.17) is 0 Å². The summed E-state index contributed by atoms with van der Waals surface area (Å²) in [4.78, 5) is 0. The Morgan fingerprint density at radius 3 is 2.64 bits per heavy atom. The van der Waals surface area contributed by atoms with E-state index in [1.54, 1.807) is 0 Å². The van der Waals surface area contributed by atoms with Gasteiger partial charge >= 0.3 is 0 Å². The van der Waals surface area contributed by atoms with Crippen molar-refractivity contribution < 1.29 is 0 Å². The van der Waals surface area contributed by atoms with Crippen molar-refractivity contribution in [2.45, 2.75) is 26.7 Å². The Morgan fingerprint density at radius 2 is 2.09 bits per heavy atom. The van der Waals surface area contributed by atoms with Gasteiger partial charge in [-0.3, -0.25) is 0 Å². The molecule has 59 valence electrons. The Balaban J connectivity index is 2.86. The maximum absolute atomic E-state index is 3.92. The van der Waals surface area contributed by atoms with Gasteiger partial charge in [0.05, 0.1) is 0 Å². The van der Waals surface area contributed by atoms with Crippen LogP contribution in [0.25, 0.3) is 0 Å². The zero-order valence-corrected chi connectivity index (χ0v) is 7.35. The molecule has 0 saturated heterocycles. The Kier molecular flexibility index (Phi) is 2.70. The summed E-state index contributed by atoms with van der Waals surface area (Å²) in [5.41, 5.74) is 3.87. The van der Waals surface area contributed by atoms with E-state index in [1.165, 1.54) is 24.0 Å². The van der Waals surface area contributed by atoms with Crippen molar-refractivity contribution in [3.8, 4) is 0 Å². The van der Waals surface area contributed by atoms with Gasteiger partial charge in [0.2, 0.25) is 0 Å². The summed E-state index contributed by atoms with van der Waals surface area (Å²) >= 11 is 0. The Morgan fingerprint density at radius 1 is 1.36 bits per heavy atom. The highest BCUT2D eigenvalue weighted by Gasteiger charge is 1.94. The number of benzene rings is 1. The maximum atomic E-state index is 3.92. The number of rotatable bonds is 2. The average Bonchev–Trinajstić information content (AvgIpc) is 1.98. The van der Waals surface area contributed by atoms with Gasteiger partial charge in [0, 0.05) is 0 Å². The summed E-state index contributed by atoms with van der Waals surface area (Å²) in [7, 11) is 0. The molecule has 1 radical (unpaired) electrons. The largest absolute Gasteiger partial charge is 0.0651 e. The van der Waals surface area contributed by atoms with Crippen molar-refractivity contribution in [3.63, 3.8) is 0 Å². The van der Waals surface area contributed by atoms with Crippen molar-refractivity contribution in [1.29, 1.82) is 0 Å². The van der Waals surface area contributed by atoms with Gasteiger partial charge in [-0.05, 0) is 37.0 Å². The van der Waals surface area contributed by atoms with E-state index < -0.39 is 0 Å². The molecule has 0 nitrogen and oxygen atoms in total. The van der Waals surface area contributed by atoms with Crippen LogP contribution in [0.2, 0.25) is 0 Å². The minimum atomic E-state index is 1.14. The molecule has 0 amide bonds. The molecule has 0 aliphatic rings. The first kappa shape index (κ1) is 8.32. The lowest BCUT2D eigenvalue weighted by atomic mass is 10.0. The molecule has 0 heteroatoms.